The zero-order valence-electron chi connectivity index (χ0n) is 14.0. The Balaban J connectivity index is 1.54. The second kappa shape index (κ2) is 5.81. The highest BCUT2D eigenvalue weighted by Crippen LogP contribution is 2.38. The van der Waals surface area contributed by atoms with Gasteiger partial charge in [0.1, 0.15) is 23.5 Å². The minimum absolute atomic E-state index is 0.358. The summed E-state index contributed by atoms with van der Waals surface area (Å²) in [4.78, 5) is 11.9. The first kappa shape index (κ1) is 14.8. The van der Waals surface area contributed by atoms with Gasteiger partial charge in [-0.3, -0.25) is 0 Å². The largest absolute Gasteiger partial charge is 0.486 e. The molecule has 3 heterocycles. The van der Waals surface area contributed by atoms with Crippen LogP contribution in [0.4, 0.5) is 0 Å². The first-order valence-corrected chi connectivity index (χ1v) is 9.42. The summed E-state index contributed by atoms with van der Waals surface area (Å²) in [5.74, 6) is 2.26. The number of fused-ring (bicyclic) bond motifs is 5. The molecule has 1 aromatic carbocycles. The highest BCUT2D eigenvalue weighted by atomic mass is 32.1. The summed E-state index contributed by atoms with van der Waals surface area (Å²) in [6.07, 6.45) is 5.27. The molecule has 0 radical (unpaired) electrons. The molecule has 0 spiro atoms. The molecule has 5 rings (SSSR count). The molecule has 0 saturated carbocycles. The summed E-state index contributed by atoms with van der Waals surface area (Å²) in [6, 6.07) is 9.76. The normalized spacial score (nSPS) is 17.1. The van der Waals surface area contributed by atoms with Crippen LogP contribution in [0.5, 0.6) is 5.75 Å². The molecule has 6 heteroatoms. The van der Waals surface area contributed by atoms with Crippen LogP contribution in [0.2, 0.25) is 0 Å². The lowest BCUT2D eigenvalue weighted by molar-refractivity contribution is 0.296. The first-order valence-electron chi connectivity index (χ1n) is 8.60. The number of ether oxygens (including phenoxy) is 1. The maximum Gasteiger partial charge on any atom is 0.189 e. The summed E-state index contributed by atoms with van der Waals surface area (Å²) >= 11 is 1.81. The molecule has 126 valence electrons. The van der Waals surface area contributed by atoms with Crippen molar-refractivity contribution in [3.63, 3.8) is 0 Å². The van der Waals surface area contributed by atoms with E-state index < -0.39 is 0 Å². The van der Waals surface area contributed by atoms with E-state index in [0.717, 1.165) is 35.0 Å². The van der Waals surface area contributed by atoms with Gasteiger partial charge in [-0.25, -0.2) is 14.5 Å². The van der Waals surface area contributed by atoms with Gasteiger partial charge in [0.05, 0.1) is 5.39 Å². The van der Waals surface area contributed by atoms with Gasteiger partial charge in [-0.2, -0.15) is 0 Å². The van der Waals surface area contributed by atoms with Crippen molar-refractivity contribution in [3.8, 4) is 5.75 Å². The fraction of sp³-hybridized carbons (Fsp3) is 0.316. The van der Waals surface area contributed by atoms with Gasteiger partial charge in [-0.1, -0.05) is 25.1 Å². The molecule has 0 bridgehead atoms. The van der Waals surface area contributed by atoms with E-state index in [4.69, 9.17) is 9.72 Å². The van der Waals surface area contributed by atoms with Gasteiger partial charge in [0, 0.05) is 4.88 Å². The SMILES string of the molecule is CC1CCc2c(sc3ncn4nc(COc5ccccc5)nc4c23)C1. The van der Waals surface area contributed by atoms with E-state index in [1.807, 2.05) is 41.7 Å². The lowest BCUT2D eigenvalue weighted by Crippen LogP contribution is -2.08. The topological polar surface area (TPSA) is 52.3 Å². The third kappa shape index (κ3) is 2.57. The molecule has 1 aliphatic carbocycles. The molecule has 25 heavy (non-hydrogen) atoms. The number of para-hydroxylation sites is 1. The fourth-order valence-corrected chi connectivity index (χ4v) is 4.85. The van der Waals surface area contributed by atoms with Crippen molar-refractivity contribution in [2.75, 3.05) is 0 Å². The Hall–Kier alpha value is -2.47. The van der Waals surface area contributed by atoms with Crippen molar-refractivity contribution in [1.82, 2.24) is 19.6 Å². The number of hydrogen-bond acceptors (Lipinski definition) is 5. The molecule has 1 unspecified atom stereocenters. The molecule has 0 fully saturated rings. The molecule has 5 nitrogen and oxygen atoms in total. The van der Waals surface area contributed by atoms with Crippen LogP contribution in [-0.4, -0.2) is 19.6 Å². The van der Waals surface area contributed by atoms with Crippen molar-refractivity contribution in [1.29, 1.82) is 0 Å². The summed E-state index contributed by atoms with van der Waals surface area (Å²) < 4.78 is 7.57. The minimum Gasteiger partial charge on any atom is -0.486 e. The van der Waals surface area contributed by atoms with Crippen LogP contribution in [0, 0.1) is 5.92 Å². The Bertz CT molecular complexity index is 1050. The lowest BCUT2D eigenvalue weighted by atomic mass is 9.89. The molecule has 0 N–H and O–H groups in total. The van der Waals surface area contributed by atoms with E-state index in [-0.39, 0.29) is 0 Å². The van der Waals surface area contributed by atoms with Crippen molar-refractivity contribution in [2.45, 2.75) is 32.8 Å². The third-order valence-corrected chi connectivity index (χ3v) is 5.95. The van der Waals surface area contributed by atoms with Crippen LogP contribution in [-0.2, 0) is 19.4 Å². The Kier molecular flexibility index (Phi) is 3.45. The number of nitrogens with zero attached hydrogens (tertiary/aromatic N) is 4. The van der Waals surface area contributed by atoms with E-state index in [9.17, 15) is 0 Å². The summed E-state index contributed by atoms with van der Waals surface area (Å²) in [5.41, 5.74) is 2.34. The van der Waals surface area contributed by atoms with Crippen molar-refractivity contribution in [2.24, 2.45) is 5.92 Å². The van der Waals surface area contributed by atoms with E-state index in [0.29, 0.717) is 12.4 Å². The third-order valence-electron chi connectivity index (χ3n) is 4.79. The van der Waals surface area contributed by atoms with Gasteiger partial charge >= 0.3 is 0 Å². The first-order chi connectivity index (χ1) is 12.3. The molecular weight excluding hydrogens is 332 g/mol. The Morgan fingerprint density at radius 1 is 1.28 bits per heavy atom. The molecular formula is C19H18N4OS. The maximum absolute atomic E-state index is 5.79. The number of hydrogen-bond donors (Lipinski definition) is 0. The second-order valence-corrected chi connectivity index (χ2v) is 7.76. The van der Waals surface area contributed by atoms with Gasteiger partial charge in [-0.15, -0.1) is 16.4 Å². The number of rotatable bonds is 3. The van der Waals surface area contributed by atoms with Crippen LogP contribution in [0.25, 0.3) is 15.9 Å². The van der Waals surface area contributed by atoms with E-state index >= 15 is 0 Å². The standard InChI is InChI=1S/C19H18N4OS/c1-12-7-8-14-15(9-12)25-19-17(14)18-21-16(22-23(18)11-20-19)10-24-13-5-3-2-4-6-13/h2-6,11-12H,7-10H2,1H3. The van der Waals surface area contributed by atoms with Crippen molar-refractivity contribution < 1.29 is 4.74 Å². The molecule has 1 atom stereocenters. The van der Waals surface area contributed by atoms with E-state index in [1.54, 1.807) is 10.8 Å². The van der Waals surface area contributed by atoms with Crippen molar-refractivity contribution >= 4 is 27.2 Å². The van der Waals surface area contributed by atoms with Gasteiger partial charge in [0.25, 0.3) is 0 Å². The summed E-state index contributed by atoms with van der Waals surface area (Å²) in [5, 5.41) is 5.73. The number of aromatic nitrogens is 4. The predicted octanol–water partition coefficient (Wildman–Crippen LogP) is 4.04. The highest BCUT2D eigenvalue weighted by Gasteiger charge is 2.23. The zero-order valence-corrected chi connectivity index (χ0v) is 14.8. The van der Waals surface area contributed by atoms with Crippen LogP contribution < -0.4 is 4.74 Å². The smallest absolute Gasteiger partial charge is 0.189 e. The van der Waals surface area contributed by atoms with Crippen molar-refractivity contribution in [3.05, 3.63) is 52.9 Å². The van der Waals surface area contributed by atoms with E-state index in [2.05, 4.69) is 17.0 Å². The molecule has 3 aromatic heterocycles. The summed E-state index contributed by atoms with van der Waals surface area (Å²) in [6.45, 7) is 2.68. The second-order valence-electron chi connectivity index (χ2n) is 6.67. The van der Waals surface area contributed by atoms with Gasteiger partial charge < -0.3 is 4.74 Å². The predicted molar refractivity (Wildman–Crippen MR) is 98.1 cm³/mol. The minimum atomic E-state index is 0.358. The van der Waals surface area contributed by atoms with Gasteiger partial charge in [-0.05, 0) is 42.9 Å². The fourth-order valence-electron chi connectivity index (χ4n) is 3.51. The number of benzene rings is 1. The highest BCUT2D eigenvalue weighted by molar-refractivity contribution is 7.19. The quantitative estimate of drug-likeness (QED) is 0.559. The monoisotopic (exact) mass is 350 g/mol. The van der Waals surface area contributed by atoms with Crippen LogP contribution >= 0.6 is 11.3 Å². The molecule has 0 aliphatic heterocycles. The zero-order chi connectivity index (χ0) is 16.8. The van der Waals surface area contributed by atoms with Crippen LogP contribution in [0.15, 0.2) is 36.7 Å². The molecule has 4 aromatic rings. The summed E-state index contributed by atoms with van der Waals surface area (Å²) in [7, 11) is 0. The Morgan fingerprint density at radius 3 is 3.04 bits per heavy atom. The molecule has 0 saturated heterocycles. The van der Waals surface area contributed by atoms with Gasteiger partial charge in [0.2, 0.25) is 0 Å². The number of aryl methyl sites for hydroxylation is 1. The van der Waals surface area contributed by atoms with Crippen LogP contribution in [0.3, 0.4) is 0 Å². The number of thiophene rings is 1. The molecule has 1 aliphatic rings. The lowest BCUT2D eigenvalue weighted by Gasteiger charge is -2.17. The van der Waals surface area contributed by atoms with E-state index in [1.165, 1.54) is 22.2 Å². The molecule has 0 amide bonds. The Labute approximate surface area is 149 Å². The average Bonchev–Trinajstić information content (AvgIpc) is 3.20. The average molecular weight is 350 g/mol. The van der Waals surface area contributed by atoms with Gasteiger partial charge in [0.15, 0.2) is 11.5 Å². The Morgan fingerprint density at radius 2 is 2.16 bits per heavy atom. The van der Waals surface area contributed by atoms with Crippen LogP contribution in [0.1, 0.15) is 29.6 Å². The maximum atomic E-state index is 5.79.